The van der Waals surface area contributed by atoms with E-state index < -0.39 is 29.9 Å². The maximum atomic E-state index is 14.5. The molecule has 8 heteroatoms. The summed E-state index contributed by atoms with van der Waals surface area (Å²) < 4.78 is 49.7. The predicted octanol–water partition coefficient (Wildman–Crippen LogP) is 5.15. The number of rotatable bonds is 8. The highest BCUT2D eigenvalue weighted by atomic mass is 19.4. The Hall–Kier alpha value is -3.38. The molecule has 1 aliphatic heterocycles. The van der Waals surface area contributed by atoms with Crippen molar-refractivity contribution in [2.75, 3.05) is 38.2 Å². The molecule has 0 spiro atoms. The average molecular weight is 511 g/mol. The maximum absolute atomic E-state index is 14.5. The standard InChI is InChI=1S/C29H29F3N2O3/c1-3-34(4-2)14-8-16-37-28(23-13-12-21-10-5-6-11-22(21)19-23)26-24(29(30,31)32)17-20(9-7-15-35)18-25(26)33-27(28)36/h5-6,10-13,17-19,35H,3-4,8,14-16H2,1-2H3,(H,33,36). The molecular weight excluding hydrogens is 481 g/mol. The normalized spacial score (nSPS) is 17.0. The molecule has 0 saturated heterocycles. The molecule has 194 valence electrons. The number of hydrogen-bond donors (Lipinski definition) is 2. The fourth-order valence-corrected chi connectivity index (χ4v) is 4.84. The van der Waals surface area contributed by atoms with Gasteiger partial charge < -0.3 is 20.1 Å². The second kappa shape index (κ2) is 10.9. The lowest BCUT2D eigenvalue weighted by atomic mass is 9.82. The lowest BCUT2D eigenvalue weighted by Gasteiger charge is -2.31. The van der Waals surface area contributed by atoms with Crippen LogP contribution in [0.15, 0.2) is 54.6 Å². The minimum atomic E-state index is -4.78. The molecule has 1 aliphatic rings. The van der Waals surface area contributed by atoms with Crippen LogP contribution in [0.25, 0.3) is 10.8 Å². The molecule has 0 radical (unpaired) electrons. The highest BCUT2D eigenvalue weighted by Crippen LogP contribution is 2.50. The molecule has 1 atom stereocenters. The third kappa shape index (κ3) is 5.21. The van der Waals surface area contributed by atoms with Crippen LogP contribution >= 0.6 is 0 Å². The van der Waals surface area contributed by atoms with Gasteiger partial charge in [-0.2, -0.15) is 13.2 Å². The first-order valence-corrected chi connectivity index (χ1v) is 12.3. The summed E-state index contributed by atoms with van der Waals surface area (Å²) >= 11 is 0. The molecule has 4 rings (SSSR count). The van der Waals surface area contributed by atoms with Crippen molar-refractivity contribution in [1.82, 2.24) is 4.90 Å². The zero-order chi connectivity index (χ0) is 26.6. The smallest absolute Gasteiger partial charge is 0.384 e. The molecule has 0 saturated carbocycles. The summed E-state index contributed by atoms with van der Waals surface area (Å²) in [5, 5.41) is 13.3. The fraction of sp³-hybridized carbons (Fsp3) is 0.345. The molecule has 37 heavy (non-hydrogen) atoms. The molecule has 1 heterocycles. The Morgan fingerprint density at radius 3 is 2.46 bits per heavy atom. The van der Waals surface area contributed by atoms with Gasteiger partial charge in [0, 0.05) is 23.4 Å². The van der Waals surface area contributed by atoms with Gasteiger partial charge in [0.2, 0.25) is 0 Å². The maximum Gasteiger partial charge on any atom is 0.416 e. The molecule has 0 aromatic heterocycles. The number of fused-ring (bicyclic) bond motifs is 2. The van der Waals surface area contributed by atoms with E-state index in [1.807, 2.05) is 38.1 Å². The Bertz CT molecular complexity index is 1360. The fourth-order valence-electron chi connectivity index (χ4n) is 4.84. The number of nitrogens with one attached hydrogen (secondary N) is 1. The van der Waals surface area contributed by atoms with Crippen LogP contribution < -0.4 is 5.32 Å². The molecule has 5 nitrogen and oxygen atoms in total. The van der Waals surface area contributed by atoms with Gasteiger partial charge in [-0.15, -0.1) is 0 Å². The average Bonchev–Trinajstić information content (AvgIpc) is 3.17. The van der Waals surface area contributed by atoms with Crippen LogP contribution in [0.5, 0.6) is 0 Å². The number of halogens is 3. The molecule has 0 bridgehead atoms. The van der Waals surface area contributed by atoms with E-state index in [-0.39, 0.29) is 23.4 Å². The Labute approximate surface area is 214 Å². The number of carbonyl (C=O) groups excluding carboxylic acids is 1. The number of benzene rings is 3. The first kappa shape index (κ1) is 26.7. The first-order chi connectivity index (χ1) is 17.7. The molecule has 3 aromatic carbocycles. The van der Waals surface area contributed by atoms with E-state index in [1.165, 1.54) is 6.07 Å². The predicted molar refractivity (Wildman–Crippen MR) is 137 cm³/mol. The van der Waals surface area contributed by atoms with Crippen molar-refractivity contribution < 1.29 is 27.8 Å². The molecule has 0 fully saturated rings. The lowest BCUT2D eigenvalue weighted by Crippen LogP contribution is -2.40. The van der Waals surface area contributed by atoms with Crippen molar-refractivity contribution in [3.05, 3.63) is 76.9 Å². The quantitative estimate of drug-likeness (QED) is 0.325. The molecule has 3 aromatic rings. The van der Waals surface area contributed by atoms with E-state index in [0.29, 0.717) is 18.5 Å². The van der Waals surface area contributed by atoms with Gasteiger partial charge in [-0.1, -0.05) is 62.1 Å². The summed E-state index contributed by atoms with van der Waals surface area (Å²) in [6.45, 7) is 6.03. The molecular formula is C29H29F3N2O3. The summed E-state index contributed by atoms with van der Waals surface area (Å²) in [7, 11) is 0. The number of anilines is 1. The Balaban J connectivity index is 1.90. The van der Waals surface area contributed by atoms with Crippen LogP contribution in [-0.2, 0) is 21.3 Å². The largest absolute Gasteiger partial charge is 0.416 e. The van der Waals surface area contributed by atoms with Gasteiger partial charge in [-0.05, 0) is 54.0 Å². The third-order valence-electron chi connectivity index (χ3n) is 6.66. The second-order valence-corrected chi connectivity index (χ2v) is 8.83. The summed E-state index contributed by atoms with van der Waals surface area (Å²) in [4.78, 5) is 15.8. The van der Waals surface area contributed by atoms with Crippen molar-refractivity contribution in [1.29, 1.82) is 0 Å². The zero-order valence-electron chi connectivity index (χ0n) is 20.8. The number of aliphatic hydroxyl groups excluding tert-OH is 1. The molecule has 0 aliphatic carbocycles. The van der Waals surface area contributed by atoms with Crippen molar-refractivity contribution >= 4 is 22.4 Å². The zero-order valence-corrected chi connectivity index (χ0v) is 20.8. The highest BCUT2D eigenvalue weighted by molar-refractivity contribution is 6.08. The van der Waals surface area contributed by atoms with E-state index in [4.69, 9.17) is 9.84 Å². The minimum absolute atomic E-state index is 0.000957. The molecule has 2 N–H and O–H groups in total. The summed E-state index contributed by atoms with van der Waals surface area (Å²) in [5.74, 6) is 4.21. The number of amides is 1. The third-order valence-corrected chi connectivity index (χ3v) is 6.66. The van der Waals surface area contributed by atoms with Crippen LogP contribution in [-0.4, -0.2) is 48.8 Å². The summed E-state index contributed by atoms with van der Waals surface area (Å²) in [5.41, 5.74) is -2.89. The van der Waals surface area contributed by atoms with Gasteiger partial charge in [-0.3, -0.25) is 4.79 Å². The highest BCUT2D eigenvalue weighted by Gasteiger charge is 2.54. The summed E-state index contributed by atoms with van der Waals surface area (Å²) in [6.07, 6.45) is -4.24. The molecule has 1 unspecified atom stereocenters. The van der Waals surface area contributed by atoms with E-state index in [9.17, 15) is 18.0 Å². The summed E-state index contributed by atoms with van der Waals surface area (Å²) in [6, 6.07) is 14.9. The van der Waals surface area contributed by atoms with Crippen LogP contribution in [0.1, 0.15) is 42.5 Å². The van der Waals surface area contributed by atoms with Gasteiger partial charge in [0.25, 0.3) is 5.91 Å². The monoisotopic (exact) mass is 510 g/mol. The topological polar surface area (TPSA) is 61.8 Å². The van der Waals surface area contributed by atoms with Crippen LogP contribution in [0.2, 0.25) is 0 Å². The Kier molecular flexibility index (Phi) is 7.88. The number of ether oxygens (including phenoxy) is 1. The first-order valence-electron chi connectivity index (χ1n) is 12.3. The number of aliphatic hydroxyl groups is 1. The minimum Gasteiger partial charge on any atom is -0.384 e. The second-order valence-electron chi connectivity index (χ2n) is 8.83. The lowest BCUT2D eigenvalue weighted by molar-refractivity contribution is -0.144. The van der Waals surface area contributed by atoms with E-state index in [2.05, 4.69) is 22.1 Å². The van der Waals surface area contributed by atoms with Crippen LogP contribution in [0, 0.1) is 11.8 Å². The van der Waals surface area contributed by atoms with Gasteiger partial charge in [0.05, 0.1) is 12.2 Å². The molecule has 1 amide bonds. The number of hydrogen-bond acceptors (Lipinski definition) is 4. The van der Waals surface area contributed by atoms with Crippen LogP contribution in [0.4, 0.5) is 18.9 Å². The SMILES string of the molecule is CCN(CC)CCCOC1(c2ccc3ccccc3c2)C(=O)Nc2cc(C#CCO)cc(C(F)(F)F)c21. The van der Waals surface area contributed by atoms with Crippen LogP contribution in [0.3, 0.4) is 0 Å². The van der Waals surface area contributed by atoms with Gasteiger partial charge in [0.15, 0.2) is 5.60 Å². The van der Waals surface area contributed by atoms with Crippen molar-refractivity contribution in [3.63, 3.8) is 0 Å². The van der Waals surface area contributed by atoms with Crippen molar-refractivity contribution in [2.24, 2.45) is 0 Å². The van der Waals surface area contributed by atoms with Crippen molar-refractivity contribution in [3.8, 4) is 11.8 Å². The van der Waals surface area contributed by atoms with E-state index >= 15 is 0 Å². The van der Waals surface area contributed by atoms with Gasteiger partial charge in [0.1, 0.15) is 6.61 Å². The van der Waals surface area contributed by atoms with E-state index in [1.54, 1.807) is 18.2 Å². The van der Waals surface area contributed by atoms with E-state index in [0.717, 1.165) is 29.9 Å². The van der Waals surface area contributed by atoms with Crippen molar-refractivity contribution in [2.45, 2.75) is 32.0 Å². The van der Waals surface area contributed by atoms with Gasteiger partial charge in [-0.25, -0.2) is 0 Å². The Morgan fingerprint density at radius 2 is 1.78 bits per heavy atom. The van der Waals surface area contributed by atoms with Gasteiger partial charge >= 0.3 is 6.18 Å². The number of alkyl halides is 3. The number of nitrogens with zero attached hydrogens (tertiary/aromatic N) is 1. The Morgan fingerprint density at radius 1 is 1.05 bits per heavy atom. The number of carbonyl (C=O) groups is 1.